The molecule has 0 saturated carbocycles. The SMILES string of the molecule is CCCC/C=C\C/C=C\C/C=C\CCCCCCCC(=O)OC[C@@H](O)CO. The number of hydrogen-bond donors (Lipinski definition) is 2. The number of esters is 1. The molecule has 156 valence electrons. The second-order valence-corrected chi connectivity index (χ2v) is 6.85. The standard InChI is InChI=1S/C23H40O4/c1-2-3-4-5-6-7-8-9-10-11-12-13-14-15-16-17-18-19-23(26)27-21-22(25)20-24/h5-6,8-9,11-12,22,24-25H,2-4,7,10,13-21H2,1H3/b6-5-,9-8-,12-11-/t22-/m0/s1. The van der Waals surface area contributed by atoms with Crippen LogP contribution in [-0.2, 0) is 9.53 Å². The highest BCUT2D eigenvalue weighted by Gasteiger charge is 2.07. The van der Waals surface area contributed by atoms with Crippen LogP contribution in [-0.4, -0.2) is 35.5 Å². The van der Waals surface area contributed by atoms with Crippen molar-refractivity contribution in [3.63, 3.8) is 0 Å². The molecular weight excluding hydrogens is 340 g/mol. The van der Waals surface area contributed by atoms with Gasteiger partial charge in [0.05, 0.1) is 6.61 Å². The van der Waals surface area contributed by atoms with E-state index in [0.29, 0.717) is 6.42 Å². The van der Waals surface area contributed by atoms with Gasteiger partial charge < -0.3 is 14.9 Å². The van der Waals surface area contributed by atoms with Gasteiger partial charge in [-0.25, -0.2) is 0 Å². The maximum absolute atomic E-state index is 11.4. The third kappa shape index (κ3) is 20.8. The summed E-state index contributed by atoms with van der Waals surface area (Å²) in [7, 11) is 0. The van der Waals surface area contributed by atoms with Crippen LogP contribution in [0.25, 0.3) is 0 Å². The van der Waals surface area contributed by atoms with Gasteiger partial charge in [-0.2, -0.15) is 0 Å². The molecule has 0 aliphatic carbocycles. The predicted molar refractivity (Wildman–Crippen MR) is 113 cm³/mol. The Bertz CT molecular complexity index is 413. The van der Waals surface area contributed by atoms with Crippen molar-refractivity contribution in [2.24, 2.45) is 0 Å². The smallest absolute Gasteiger partial charge is 0.305 e. The van der Waals surface area contributed by atoms with Crippen molar-refractivity contribution >= 4 is 5.97 Å². The van der Waals surface area contributed by atoms with E-state index in [1.54, 1.807) is 0 Å². The average molecular weight is 381 g/mol. The lowest BCUT2D eigenvalue weighted by Crippen LogP contribution is -2.21. The molecule has 0 bridgehead atoms. The number of ether oxygens (including phenoxy) is 1. The van der Waals surface area contributed by atoms with E-state index >= 15 is 0 Å². The number of carbonyl (C=O) groups is 1. The third-order valence-corrected chi connectivity index (χ3v) is 4.17. The van der Waals surface area contributed by atoms with Gasteiger partial charge in [0.15, 0.2) is 0 Å². The minimum Gasteiger partial charge on any atom is -0.463 e. The Morgan fingerprint density at radius 2 is 1.41 bits per heavy atom. The maximum atomic E-state index is 11.4. The van der Waals surface area contributed by atoms with Crippen LogP contribution in [0, 0.1) is 0 Å². The Labute approximate surface area is 166 Å². The summed E-state index contributed by atoms with van der Waals surface area (Å²) < 4.78 is 4.86. The summed E-state index contributed by atoms with van der Waals surface area (Å²) in [5, 5.41) is 17.7. The summed E-state index contributed by atoms with van der Waals surface area (Å²) in [6.07, 6.45) is 25.1. The van der Waals surface area contributed by atoms with Crippen molar-refractivity contribution in [2.45, 2.75) is 90.1 Å². The van der Waals surface area contributed by atoms with E-state index in [2.05, 4.69) is 43.4 Å². The molecule has 0 aliphatic heterocycles. The van der Waals surface area contributed by atoms with Gasteiger partial charge in [0.25, 0.3) is 0 Å². The Balaban J connectivity index is 3.35. The van der Waals surface area contributed by atoms with Crippen molar-refractivity contribution in [3.05, 3.63) is 36.5 Å². The number of allylic oxidation sites excluding steroid dienone is 6. The summed E-state index contributed by atoms with van der Waals surface area (Å²) >= 11 is 0. The van der Waals surface area contributed by atoms with E-state index in [9.17, 15) is 4.79 Å². The predicted octanol–water partition coefficient (Wildman–Crippen LogP) is 5.25. The first-order valence-corrected chi connectivity index (χ1v) is 10.6. The van der Waals surface area contributed by atoms with Crippen molar-refractivity contribution in [1.82, 2.24) is 0 Å². The third-order valence-electron chi connectivity index (χ3n) is 4.17. The van der Waals surface area contributed by atoms with E-state index in [4.69, 9.17) is 14.9 Å². The molecule has 0 radical (unpaired) electrons. The van der Waals surface area contributed by atoms with Crippen LogP contribution < -0.4 is 0 Å². The van der Waals surface area contributed by atoms with E-state index in [1.807, 2.05) is 0 Å². The molecular formula is C23H40O4. The molecule has 0 rings (SSSR count). The fourth-order valence-electron chi connectivity index (χ4n) is 2.48. The van der Waals surface area contributed by atoms with Crippen LogP contribution >= 0.6 is 0 Å². The van der Waals surface area contributed by atoms with Crippen molar-refractivity contribution < 1.29 is 19.7 Å². The summed E-state index contributed by atoms with van der Waals surface area (Å²) in [5.41, 5.74) is 0. The minimum absolute atomic E-state index is 0.119. The Morgan fingerprint density at radius 3 is 2.04 bits per heavy atom. The van der Waals surface area contributed by atoms with E-state index < -0.39 is 6.10 Å². The topological polar surface area (TPSA) is 66.8 Å². The zero-order chi connectivity index (χ0) is 20.0. The monoisotopic (exact) mass is 380 g/mol. The normalized spacial score (nSPS) is 13.1. The summed E-state index contributed by atoms with van der Waals surface area (Å²) in [6, 6.07) is 0. The zero-order valence-corrected chi connectivity index (χ0v) is 17.2. The number of unbranched alkanes of at least 4 members (excludes halogenated alkanes) is 7. The van der Waals surface area contributed by atoms with Crippen molar-refractivity contribution in [3.8, 4) is 0 Å². The van der Waals surface area contributed by atoms with Gasteiger partial charge in [-0.1, -0.05) is 75.5 Å². The first-order chi connectivity index (χ1) is 13.2. The van der Waals surface area contributed by atoms with E-state index in [1.165, 1.54) is 32.1 Å². The van der Waals surface area contributed by atoms with Gasteiger partial charge in [0, 0.05) is 6.42 Å². The van der Waals surface area contributed by atoms with Gasteiger partial charge in [-0.15, -0.1) is 0 Å². The van der Waals surface area contributed by atoms with E-state index in [0.717, 1.165) is 38.5 Å². The molecule has 0 unspecified atom stereocenters. The van der Waals surface area contributed by atoms with Crippen molar-refractivity contribution in [1.29, 1.82) is 0 Å². The molecule has 1 atom stereocenters. The number of rotatable bonds is 18. The first-order valence-electron chi connectivity index (χ1n) is 10.6. The van der Waals surface area contributed by atoms with Crippen LogP contribution in [0.5, 0.6) is 0 Å². The van der Waals surface area contributed by atoms with E-state index in [-0.39, 0.29) is 19.2 Å². The molecule has 0 fully saturated rings. The fraction of sp³-hybridized carbons (Fsp3) is 0.696. The van der Waals surface area contributed by atoms with Gasteiger partial charge >= 0.3 is 5.97 Å². The molecule has 0 aromatic heterocycles. The molecule has 0 aromatic rings. The van der Waals surface area contributed by atoms with Crippen LogP contribution in [0.2, 0.25) is 0 Å². The molecule has 4 heteroatoms. The van der Waals surface area contributed by atoms with Gasteiger partial charge in [-0.05, 0) is 38.5 Å². The molecule has 4 nitrogen and oxygen atoms in total. The summed E-state index contributed by atoms with van der Waals surface area (Å²) in [5.74, 6) is -0.296. The Morgan fingerprint density at radius 1 is 0.852 bits per heavy atom. The number of aliphatic hydroxyl groups is 2. The lowest BCUT2D eigenvalue weighted by molar-refractivity contribution is -0.147. The zero-order valence-electron chi connectivity index (χ0n) is 17.2. The van der Waals surface area contributed by atoms with Gasteiger partial charge in [0.1, 0.15) is 12.7 Å². The molecule has 0 aliphatic rings. The molecule has 0 aromatic carbocycles. The molecule has 0 spiro atoms. The Kier molecular flexibility index (Phi) is 19.8. The quantitative estimate of drug-likeness (QED) is 0.193. The van der Waals surface area contributed by atoms with Gasteiger partial charge in [0.2, 0.25) is 0 Å². The minimum atomic E-state index is -0.968. The summed E-state index contributed by atoms with van der Waals surface area (Å²) in [6.45, 7) is 1.72. The molecule has 27 heavy (non-hydrogen) atoms. The van der Waals surface area contributed by atoms with Crippen LogP contribution in [0.4, 0.5) is 0 Å². The van der Waals surface area contributed by atoms with Crippen LogP contribution in [0.1, 0.15) is 84.0 Å². The second-order valence-electron chi connectivity index (χ2n) is 6.85. The molecule has 0 saturated heterocycles. The number of carbonyl (C=O) groups excluding carboxylic acids is 1. The second kappa shape index (κ2) is 20.9. The van der Waals surface area contributed by atoms with Crippen LogP contribution in [0.3, 0.4) is 0 Å². The maximum Gasteiger partial charge on any atom is 0.305 e. The molecule has 0 heterocycles. The fourth-order valence-corrected chi connectivity index (χ4v) is 2.48. The lowest BCUT2D eigenvalue weighted by Gasteiger charge is -2.08. The molecule has 0 amide bonds. The molecule has 2 N–H and O–H groups in total. The highest BCUT2D eigenvalue weighted by molar-refractivity contribution is 5.69. The number of hydrogen-bond acceptors (Lipinski definition) is 4. The highest BCUT2D eigenvalue weighted by atomic mass is 16.5. The Hall–Kier alpha value is -1.39. The number of aliphatic hydroxyl groups excluding tert-OH is 2. The first kappa shape index (κ1) is 25.6. The van der Waals surface area contributed by atoms with Gasteiger partial charge in [-0.3, -0.25) is 4.79 Å². The summed E-state index contributed by atoms with van der Waals surface area (Å²) in [4.78, 5) is 11.4. The van der Waals surface area contributed by atoms with Crippen LogP contribution in [0.15, 0.2) is 36.5 Å². The largest absolute Gasteiger partial charge is 0.463 e. The lowest BCUT2D eigenvalue weighted by atomic mass is 10.1. The average Bonchev–Trinajstić information content (AvgIpc) is 2.68. The highest BCUT2D eigenvalue weighted by Crippen LogP contribution is 2.08. The van der Waals surface area contributed by atoms with Crippen molar-refractivity contribution in [2.75, 3.05) is 13.2 Å².